The average molecular weight is 253 g/mol. The number of methoxy groups -OCH3 is 1. The summed E-state index contributed by atoms with van der Waals surface area (Å²) in [4.78, 5) is 13.1. The van der Waals surface area contributed by atoms with Crippen LogP contribution in [0.1, 0.15) is 17.3 Å². The van der Waals surface area contributed by atoms with E-state index in [9.17, 15) is 4.79 Å². The van der Waals surface area contributed by atoms with Crippen LogP contribution in [0.15, 0.2) is 18.2 Å². The maximum absolute atomic E-state index is 11.5. The van der Waals surface area contributed by atoms with Gasteiger partial charge in [-0.1, -0.05) is 6.07 Å². The second-order valence-corrected chi connectivity index (χ2v) is 4.00. The fourth-order valence-corrected chi connectivity index (χ4v) is 1.32. The largest absolute Gasteiger partial charge is 0.493 e. The summed E-state index contributed by atoms with van der Waals surface area (Å²) in [6.07, 6.45) is 0. The van der Waals surface area contributed by atoms with Crippen molar-refractivity contribution < 1.29 is 14.3 Å². The lowest BCUT2D eigenvalue weighted by atomic mass is 10.1. The Balaban J connectivity index is 3.18. The highest BCUT2D eigenvalue weighted by molar-refractivity contribution is 7.80. The van der Waals surface area contributed by atoms with E-state index >= 15 is 0 Å². The number of carbonyl (C=O) groups excluding carboxylic acids is 1. The molecule has 0 aliphatic carbocycles. The molecule has 0 aliphatic rings. The third-order valence-electron chi connectivity index (χ3n) is 2.13. The van der Waals surface area contributed by atoms with E-state index in [0.29, 0.717) is 17.1 Å². The number of ether oxygens (including phenoxy) is 2. The molecule has 92 valence electrons. The van der Waals surface area contributed by atoms with Crippen LogP contribution < -0.4 is 9.47 Å². The SMILES string of the molecule is COc1cccc(C(C)=O)c1OC(=S)N(C)C. The number of para-hydroxylation sites is 1. The van der Waals surface area contributed by atoms with Crippen LogP contribution in [-0.2, 0) is 0 Å². The van der Waals surface area contributed by atoms with Crippen LogP contribution in [0, 0.1) is 0 Å². The zero-order valence-corrected chi connectivity index (χ0v) is 11.1. The van der Waals surface area contributed by atoms with Crippen molar-refractivity contribution in [3.8, 4) is 11.5 Å². The van der Waals surface area contributed by atoms with Crippen LogP contribution >= 0.6 is 12.2 Å². The van der Waals surface area contributed by atoms with Gasteiger partial charge >= 0.3 is 0 Å². The first-order valence-electron chi connectivity index (χ1n) is 5.04. The van der Waals surface area contributed by atoms with Crippen molar-refractivity contribution in [1.82, 2.24) is 4.90 Å². The van der Waals surface area contributed by atoms with Crippen LogP contribution in [-0.4, -0.2) is 37.1 Å². The zero-order valence-electron chi connectivity index (χ0n) is 10.3. The minimum Gasteiger partial charge on any atom is -0.493 e. The molecule has 1 aromatic rings. The Morgan fingerprint density at radius 3 is 2.47 bits per heavy atom. The number of carbonyl (C=O) groups is 1. The summed E-state index contributed by atoms with van der Waals surface area (Å²) in [6, 6.07) is 5.14. The van der Waals surface area contributed by atoms with Crippen molar-refractivity contribution >= 4 is 23.2 Å². The van der Waals surface area contributed by atoms with E-state index in [-0.39, 0.29) is 11.0 Å². The predicted molar refractivity (Wildman–Crippen MR) is 69.9 cm³/mol. The maximum Gasteiger partial charge on any atom is 0.264 e. The molecule has 0 amide bonds. The molecule has 4 nitrogen and oxygen atoms in total. The van der Waals surface area contributed by atoms with Gasteiger partial charge in [-0.2, -0.15) is 0 Å². The Bertz CT molecular complexity index is 443. The molecule has 1 aromatic carbocycles. The lowest BCUT2D eigenvalue weighted by Gasteiger charge is -2.17. The molecule has 0 aliphatic heterocycles. The molecule has 0 saturated heterocycles. The lowest BCUT2D eigenvalue weighted by molar-refractivity contribution is 0.101. The van der Waals surface area contributed by atoms with Crippen molar-refractivity contribution in [2.75, 3.05) is 21.2 Å². The molecule has 0 fully saturated rings. The molecule has 0 saturated carbocycles. The molecular weight excluding hydrogens is 238 g/mol. The van der Waals surface area contributed by atoms with Crippen LogP contribution in [0.25, 0.3) is 0 Å². The number of hydrogen-bond donors (Lipinski definition) is 0. The van der Waals surface area contributed by atoms with Crippen molar-refractivity contribution in [3.05, 3.63) is 23.8 Å². The molecule has 0 unspecified atom stereocenters. The fraction of sp³-hybridized carbons (Fsp3) is 0.333. The maximum atomic E-state index is 11.5. The number of nitrogens with zero attached hydrogens (tertiary/aromatic N) is 1. The summed E-state index contributed by atoms with van der Waals surface area (Å²) < 4.78 is 10.7. The monoisotopic (exact) mass is 253 g/mol. The van der Waals surface area contributed by atoms with Gasteiger partial charge in [0, 0.05) is 14.1 Å². The first-order chi connectivity index (χ1) is 7.97. The topological polar surface area (TPSA) is 38.8 Å². The van der Waals surface area contributed by atoms with Gasteiger partial charge in [0.25, 0.3) is 5.17 Å². The summed E-state index contributed by atoms with van der Waals surface area (Å²) >= 11 is 5.05. The minimum absolute atomic E-state index is 0.0968. The number of thiocarbonyl (C=S) groups is 1. The molecule has 0 atom stereocenters. The van der Waals surface area contributed by atoms with E-state index in [1.165, 1.54) is 14.0 Å². The van der Waals surface area contributed by atoms with Gasteiger partial charge in [0.2, 0.25) is 0 Å². The van der Waals surface area contributed by atoms with E-state index in [0.717, 1.165) is 0 Å². The molecule has 0 radical (unpaired) electrons. The molecule has 17 heavy (non-hydrogen) atoms. The Morgan fingerprint density at radius 2 is 2.00 bits per heavy atom. The van der Waals surface area contributed by atoms with E-state index in [4.69, 9.17) is 21.7 Å². The van der Waals surface area contributed by atoms with Gasteiger partial charge in [-0.15, -0.1) is 0 Å². The first-order valence-corrected chi connectivity index (χ1v) is 5.45. The Labute approximate surface area is 106 Å². The smallest absolute Gasteiger partial charge is 0.264 e. The molecule has 5 heteroatoms. The summed E-state index contributed by atoms with van der Waals surface area (Å²) in [6.45, 7) is 1.47. The third-order valence-corrected chi connectivity index (χ3v) is 2.58. The number of rotatable bonds is 3. The van der Waals surface area contributed by atoms with Crippen molar-refractivity contribution in [3.63, 3.8) is 0 Å². The van der Waals surface area contributed by atoms with Crippen molar-refractivity contribution in [2.45, 2.75) is 6.92 Å². The average Bonchev–Trinajstić information content (AvgIpc) is 2.28. The van der Waals surface area contributed by atoms with Gasteiger partial charge in [0.05, 0.1) is 12.7 Å². The highest BCUT2D eigenvalue weighted by Crippen LogP contribution is 2.31. The Kier molecular flexibility index (Phi) is 4.45. The van der Waals surface area contributed by atoms with Gasteiger partial charge in [0.15, 0.2) is 17.3 Å². The van der Waals surface area contributed by atoms with Crippen LogP contribution in [0.5, 0.6) is 11.5 Å². The van der Waals surface area contributed by atoms with E-state index in [1.807, 2.05) is 0 Å². The Hall–Kier alpha value is -1.62. The first kappa shape index (κ1) is 13.4. The van der Waals surface area contributed by atoms with Gasteiger partial charge in [-0.3, -0.25) is 4.79 Å². The lowest BCUT2D eigenvalue weighted by Crippen LogP contribution is -2.25. The van der Waals surface area contributed by atoms with Crippen molar-refractivity contribution in [1.29, 1.82) is 0 Å². The van der Waals surface area contributed by atoms with E-state index < -0.39 is 0 Å². The molecule has 0 heterocycles. The zero-order chi connectivity index (χ0) is 13.0. The molecule has 0 N–H and O–H groups in total. The molecule has 0 bridgehead atoms. The molecule has 0 aromatic heterocycles. The quantitative estimate of drug-likeness (QED) is 0.609. The number of hydrogen-bond acceptors (Lipinski definition) is 4. The summed E-state index contributed by atoms with van der Waals surface area (Å²) in [5.41, 5.74) is 0.452. The van der Waals surface area contributed by atoms with Gasteiger partial charge in [-0.05, 0) is 31.3 Å². The molecule has 0 spiro atoms. The fourth-order valence-electron chi connectivity index (χ4n) is 1.24. The van der Waals surface area contributed by atoms with Gasteiger partial charge in [-0.25, -0.2) is 0 Å². The van der Waals surface area contributed by atoms with Gasteiger partial charge < -0.3 is 14.4 Å². The summed E-state index contributed by atoms with van der Waals surface area (Å²) in [5, 5.41) is 0.275. The highest BCUT2D eigenvalue weighted by atomic mass is 32.1. The summed E-state index contributed by atoms with van der Waals surface area (Å²) in [7, 11) is 5.06. The standard InChI is InChI=1S/C12H15NO3S/c1-8(14)9-6-5-7-10(15-4)11(9)16-12(17)13(2)3/h5-7H,1-4H3. The van der Waals surface area contributed by atoms with E-state index in [2.05, 4.69) is 0 Å². The van der Waals surface area contributed by atoms with Crippen LogP contribution in [0.3, 0.4) is 0 Å². The molecule has 1 rings (SSSR count). The number of Topliss-reactive ketones (excluding diaryl/α,β-unsaturated/α-hetero) is 1. The normalized spacial score (nSPS) is 9.65. The second kappa shape index (κ2) is 5.63. The Morgan fingerprint density at radius 1 is 1.35 bits per heavy atom. The highest BCUT2D eigenvalue weighted by Gasteiger charge is 2.16. The van der Waals surface area contributed by atoms with Crippen LogP contribution in [0.4, 0.5) is 0 Å². The number of benzene rings is 1. The third kappa shape index (κ3) is 3.17. The van der Waals surface area contributed by atoms with Crippen LogP contribution in [0.2, 0.25) is 0 Å². The molecular formula is C12H15NO3S. The van der Waals surface area contributed by atoms with E-state index in [1.54, 1.807) is 37.2 Å². The van der Waals surface area contributed by atoms with Crippen molar-refractivity contribution in [2.24, 2.45) is 0 Å². The number of ketones is 1. The van der Waals surface area contributed by atoms with Gasteiger partial charge in [0.1, 0.15) is 0 Å². The predicted octanol–water partition coefficient (Wildman–Crippen LogP) is 2.12. The second-order valence-electron chi connectivity index (χ2n) is 3.66. The summed E-state index contributed by atoms with van der Waals surface area (Å²) in [5.74, 6) is 0.753. The minimum atomic E-state index is -0.0968.